The Morgan fingerprint density at radius 2 is 2.00 bits per heavy atom. The van der Waals surface area contributed by atoms with E-state index in [4.69, 9.17) is 16.7 Å². The standard InChI is InChI=1S/C15H21ClN2O3S/c16-13-8-6-12(7-9-13)3-1-5-15(19)18-10-2-4-14(11-18)22(17,20)21/h6-9,14H,1-5,10-11H2,(H2,17,20,21). The van der Waals surface area contributed by atoms with E-state index in [0.717, 1.165) is 18.4 Å². The number of nitrogens with two attached hydrogens (primary N) is 1. The number of hydrogen-bond acceptors (Lipinski definition) is 3. The first-order valence-corrected chi connectivity index (χ1v) is 9.39. The van der Waals surface area contributed by atoms with Gasteiger partial charge >= 0.3 is 0 Å². The number of piperidine rings is 1. The molecule has 0 spiro atoms. The Balaban J connectivity index is 1.80. The van der Waals surface area contributed by atoms with E-state index in [0.29, 0.717) is 30.8 Å². The SMILES string of the molecule is NS(=O)(=O)C1CCCN(C(=O)CCCc2ccc(Cl)cc2)C1. The number of amides is 1. The molecule has 1 aliphatic heterocycles. The number of rotatable bonds is 5. The van der Waals surface area contributed by atoms with Crippen molar-refractivity contribution in [2.24, 2.45) is 5.14 Å². The first kappa shape index (κ1) is 17.2. The molecule has 1 heterocycles. The molecule has 0 saturated carbocycles. The minimum Gasteiger partial charge on any atom is -0.341 e. The lowest BCUT2D eigenvalue weighted by molar-refractivity contribution is -0.132. The van der Waals surface area contributed by atoms with Gasteiger partial charge in [-0.3, -0.25) is 4.79 Å². The predicted octanol–water partition coefficient (Wildman–Crippen LogP) is 1.94. The van der Waals surface area contributed by atoms with E-state index in [1.807, 2.05) is 24.3 Å². The third kappa shape index (κ3) is 4.97. The quantitative estimate of drug-likeness (QED) is 0.886. The van der Waals surface area contributed by atoms with E-state index in [1.54, 1.807) is 4.90 Å². The highest BCUT2D eigenvalue weighted by Crippen LogP contribution is 2.17. The van der Waals surface area contributed by atoms with Gasteiger partial charge < -0.3 is 4.90 Å². The van der Waals surface area contributed by atoms with Gasteiger partial charge in [-0.05, 0) is 43.4 Å². The van der Waals surface area contributed by atoms with Crippen molar-refractivity contribution in [3.05, 3.63) is 34.9 Å². The van der Waals surface area contributed by atoms with E-state index < -0.39 is 15.3 Å². The molecule has 22 heavy (non-hydrogen) atoms. The second-order valence-corrected chi connectivity index (χ2v) is 7.95. The zero-order valence-electron chi connectivity index (χ0n) is 12.4. The molecule has 1 unspecified atom stereocenters. The highest BCUT2D eigenvalue weighted by Gasteiger charge is 2.30. The number of carbonyl (C=O) groups excluding carboxylic acids is 1. The van der Waals surface area contributed by atoms with Crippen molar-refractivity contribution in [1.82, 2.24) is 4.90 Å². The van der Waals surface area contributed by atoms with E-state index in [9.17, 15) is 13.2 Å². The van der Waals surface area contributed by atoms with Crippen LogP contribution in [0.15, 0.2) is 24.3 Å². The normalized spacial score (nSPS) is 19.2. The lowest BCUT2D eigenvalue weighted by atomic mass is 10.1. The molecule has 5 nitrogen and oxygen atoms in total. The van der Waals surface area contributed by atoms with Crippen LogP contribution in [0.1, 0.15) is 31.2 Å². The van der Waals surface area contributed by atoms with Crippen molar-refractivity contribution in [1.29, 1.82) is 0 Å². The Labute approximate surface area is 136 Å². The average molecular weight is 345 g/mol. The van der Waals surface area contributed by atoms with Gasteiger partial charge in [0.25, 0.3) is 0 Å². The number of nitrogens with zero attached hydrogens (tertiary/aromatic N) is 1. The number of primary sulfonamides is 1. The zero-order chi connectivity index (χ0) is 16.2. The monoisotopic (exact) mass is 344 g/mol. The number of halogens is 1. The Kier molecular flexibility index (Phi) is 5.83. The molecule has 1 amide bonds. The Morgan fingerprint density at radius 1 is 1.32 bits per heavy atom. The summed E-state index contributed by atoms with van der Waals surface area (Å²) in [5.41, 5.74) is 1.14. The minimum atomic E-state index is -3.57. The maximum Gasteiger partial charge on any atom is 0.222 e. The number of likely N-dealkylation sites (tertiary alicyclic amines) is 1. The number of hydrogen-bond donors (Lipinski definition) is 1. The lowest BCUT2D eigenvalue weighted by Gasteiger charge is -2.31. The highest BCUT2D eigenvalue weighted by atomic mass is 35.5. The largest absolute Gasteiger partial charge is 0.341 e. The number of carbonyl (C=O) groups is 1. The van der Waals surface area contributed by atoms with Crippen molar-refractivity contribution >= 4 is 27.5 Å². The van der Waals surface area contributed by atoms with Crippen LogP contribution in [0.4, 0.5) is 0 Å². The van der Waals surface area contributed by atoms with Crippen LogP contribution < -0.4 is 5.14 Å². The van der Waals surface area contributed by atoms with Crippen LogP contribution in [0, 0.1) is 0 Å². The average Bonchev–Trinajstić information content (AvgIpc) is 2.48. The molecule has 7 heteroatoms. The van der Waals surface area contributed by atoms with Crippen LogP contribution in [-0.4, -0.2) is 37.6 Å². The van der Waals surface area contributed by atoms with Gasteiger partial charge in [0.05, 0.1) is 5.25 Å². The molecule has 0 bridgehead atoms. The summed E-state index contributed by atoms with van der Waals surface area (Å²) in [4.78, 5) is 13.8. The molecule has 1 fully saturated rings. The van der Waals surface area contributed by atoms with Crippen LogP contribution in [-0.2, 0) is 21.2 Å². The molecule has 1 saturated heterocycles. The Morgan fingerprint density at radius 3 is 2.64 bits per heavy atom. The summed E-state index contributed by atoms with van der Waals surface area (Å²) >= 11 is 5.83. The third-order valence-corrected chi connectivity index (χ3v) is 5.53. The molecule has 122 valence electrons. The fourth-order valence-corrected chi connectivity index (χ4v) is 3.69. The lowest BCUT2D eigenvalue weighted by Crippen LogP contribution is -2.47. The predicted molar refractivity (Wildman–Crippen MR) is 87.1 cm³/mol. The highest BCUT2D eigenvalue weighted by molar-refractivity contribution is 7.89. The second-order valence-electron chi connectivity index (χ2n) is 5.67. The van der Waals surface area contributed by atoms with Crippen LogP contribution in [0.5, 0.6) is 0 Å². The summed E-state index contributed by atoms with van der Waals surface area (Å²) in [6.07, 6.45) is 3.17. The summed E-state index contributed by atoms with van der Waals surface area (Å²) < 4.78 is 22.8. The van der Waals surface area contributed by atoms with Gasteiger partial charge in [-0.15, -0.1) is 0 Å². The fraction of sp³-hybridized carbons (Fsp3) is 0.533. The molecular formula is C15H21ClN2O3S. The van der Waals surface area contributed by atoms with Crippen molar-refractivity contribution in [3.8, 4) is 0 Å². The van der Waals surface area contributed by atoms with Crippen LogP contribution in [0.3, 0.4) is 0 Å². The molecule has 1 aliphatic rings. The summed E-state index contributed by atoms with van der Waals surface area (Å²) in [5, 5.41) is 5.26. The van der Waals surface area contributed by atoms with Gasteiger partial charge in [0.1, 0.15) is 0 Å². The fourth-order valence-electron chi connectivity index (χ4n) is 2.69. The topological polar surface area (TPSA) is 80.5 Å². The van der Waals surface area contributed by atoms with Crippen molar-refractivity contribution < 1.29 is 13.2 Å². The molecule has 0 aromatic heterocycles. The van der Waals surface area contributed by atoms with E-state index >= 15 is 0 Å². The van der Waals surface area contributed by atoms with Crippen molar-refractivity contribution in [3.63, 3.8) is 0 Å². The second kappa shape index (κ2) is 7.44. The first-order chi connectivity index (χ1) is 10.4. The smallest absolute Gasteiger partial charge is 0.222 e. The molecule has 0 radical (unpaired) electrons. The maximum absolute atomic E-state index is 12.2. The first-order valence-electron chi connectivity index (χ1n) is 7.40. The molecule has 2 rings (SSSR count). The number of aryl methyl sites for hydroxylation is 1. The van der Waals surface area contributed by atoms with Gasteiger partial charge in [0.2, 0.25) is 15.9 Å². The van der Waals surface area contributed by atoms with Crippen LogP contribution in [0.25, 0.3) is 0 Å². The van der Waals surface area contributed by atoms with Gasteiger partial charge in [-0.25, -0.2) is 13.6 Å². The molecule has 0 aliphatic carbocycles. The third-order valence-electron chi connectivity index (χ3n) is 3.96. The van der Waals surface area contributed by atoms with E-state index in [1.165, 1.54) is 0 Å². The van der Waals surface area contributed by atoms with Crippen molar-refractivity contribution in [2.75, 3.05) is 13.1 Å². The summed E-state index contributed by atoms with van der Waals surface area (Å²) in [7, 11) is -3.57. The minimum absolute atomic E-state index is 0.00214. The molecule has 1 aromatic rings. The van der Waals surface area contributed by atoms with Crippen LogP contribution in [0.2, 0.25) is 5.02 Å². The molecule has 2 N–H and O–H groups in total. The van der Waals surface area contributed by atoms with Gasteiger partial charge in [0.15, 0.2) is 0 Å². The molecule has 1 aromatic carbocycles. The number of sulfonamides is 1. The van der Waals surface area contributed by atoms with Gasteiger partial charge in [-0.2, -0.15) is 0 Å². The van der Waals surface area contributed by atoms with Crippen molar-refractivity contribution in [2.45, 2.75) is 37.4 Å². The van der Waals surface area contributed by atoms with E-state index in [-0.39, 0.29) is 12.5 Å². The number of benzene rings is 1. The van der Waals surface area contributed by atoms with Gasteiger partial charge in [-0.1, -0.05) is 23.7 Å². The van der Waals surface area contributed by atoms with Gasteiger partial charge in [0, 0.05) is 24.5 Å². The summed E-state index contributed by atoms with van der Waals surface area (Å²) in [6.45, 7) is 0.838. The maximum atomic E-state index is 12.2. The Bertz CT molecular complexity index is 616. The van der Waals surface area contributed by atoms with Crippen LogP contribution >= 0.6 is 11.6 Å². The van der Waals surface area contributed by atoms with E-state index in [2.05, 4.69) is 0 Å². The zero-order valence-corrected chi connectivity index (χ0v) is 13.9. The molecular weight excluding hydrogens is 324 g/mol. The summed E-state index contributed by atoms with van der Waals surface area (Å²) in [6, 6.07) is 7.57. The molecule has 1 atom stereocenters. The Hall–Kier alpha value is -1.11. The summed E-state index contributed by atoms with van der Waals surface area (Å²) in [5.74, 6) is 0.00214.